The number of rotatable bonds is 3. The van der Waals surface area contributed by atoms with Crippen molar-refractivity contribution in [2.24, 2.45) is 4.99 Å². The Bertz CT molecular complexity index is 618. The zero-order valence-corrected chi connectivity index (χ0v) is 12.7. The number of nitrogens with one attached hydrogen (secondary N) is 2. The molecule has 0 spiro atoms. The lowest BCUT2D eigenvalue weighted by atomic mass is 9.86. The number of nitriles is 1. The van der Waals surface area contributed by atoms with Gasteiger partial charge >= 0.3 is 0 Å². The molecule has 3 rings (SSSR count). The van der Waals surface area contributed by atoms with Crippen molar-refractivity contribution in [3.05, 3.63) is 34.4 Å². The molecule has 0 aromatic heterocycles. The van der Waals surface area contributed by atoms with Gasteiger partial charge in [-0.1, -0.05) is 12.1 Å². The maximum absolute atomic E-state index is 12.3. The van der Waals surface area contributed by atoms with Crippen LogP contribution in [-0.2, 0) is 19.3 Å². The number of guanidine groups is 1. The summed E-state index contributed by atoms with van der Waals surface area (Å²) >= 11 is 0. The predicted molar refractivity (Wildman–Crippen MR) is 84.3 cm³/mol. The van der Waals surface area contributed by atoms with Crippen LogP contribution in [0.15, 0.2) is 17.1 Å². The summed E-state index contributed by atoms with van der Waals surface area (Å²) in [6, 6.07) is 4.62. The average molecular weight is 300 g/mol. The fourth-order valence-electron chi connectivity index (χ4n) is 3.64. The van der Waals surface area contributed by atoms with Crippen molar-refractivity contribution < 1.29 is 4.39 Å². The van der Waals surface area contributed by atoms with E-state index >= 15 is 0 Å². The highest BCUT2D eigenvalue weighted by Crippen LogP contribution is 2.37. The van der Waals surface area contributed by atoms with Crippen LogP contribution >= 0.6 is 0 Å². The van der Waals surface area contributed by atoms with Crippen LogP contribution in [0.4, 0.5) is 4.39 Å². The Labute approximate surface area is 130 Å². The molecule has 1 unspecified atom stereocenters. The molecule has 0 bridgehead atoms. The first-order valence-corrected chi connectivity index (χ1v) is 8.00. The number of halogens is 1. The second-order valence-electron chi connectivity index (χ2n) is 5.89. The third-order valence-corrected chi connectivity index (χ3v) is 4.61. The molecule has 0 radical (unpaired) electrons. The van der Waals surface area contributed by atoms with Crippen molar-refractivity contribution in [2.75, 3.05) is 13.2 Å². The Hall–Kier alpha value is -2.09. The molecule has 1 aromatic rings. The van der Waals surface area contributed by atoms with Gasteiger partial charge in [-0.15, -0.1) is 4.99 Å². The third-order valence-electron chi connectivity index (χ3n) is 4.61. The number of benzene rings is 1. The lowest BCUT2D eigenvalue weighted by molar-refractivity contribution is 0.487. The van der Waals surface area contributed by atoms with Crippen LogP contribution in [0.1, 0.15) is 47.6 Å². The van der Waals surface area contributed by atoms with Crippen LogP contribution in [0.2, 0.25) is 0 Å². The molecule has 2 aliphatic rings. The highest BCUT2D eigenvalue weighted by atomic mass is 19.1. The number of alkyl halides is 1. The van der Waals surface area contributed by atoms with E-state index < -0.39 is 6.67 Å². The Morgan fingerprint density at radius 2 is 2.14 bits per heavy atom. The molecular weight excluding hydrogens is 279 g/mol. The molecule has 0 heterocycles. The van der Waals surface area contributed by atoms with Crippen LogP contribution in [0.5, 0.6) is 0 Å². The van der Waals surface area contributed by atoms with Gasteiger partial charge in [0.15, 0.2) is 0 Å². The van der Waals surface area contributed by atoms with E-state index in [1.807, 2.05) is 0 Å². The first-order valence-electron chi connectivity index (χ1n) is 8.00. The number of hydrogen-bond donors (Lipinski definition) is 2. The molecule has 1 atom stereocenters. The van der Waals surface area contributed by atoms with E-state index in [2.05, 4.69) is 27.8 Å². The second-order valence-corrected chi connectivity index (χ2v) is 5.89. The van der Waals surface area contributed by atoms with Crippen molar-refractivity contribution in [1.82, 2.24) is 10.6 Å². The highest BCUT2D eigenvalue weighted by Gasteiger charge is 2.27. The van der Waals surface area contributed by atoms with Crippen LogP contribution in [0.3, 0.4) is 0 Å². The van der Waals surface area contributed by atoms with Gasteiger partial charge in [-0.3, -0.25) is 0 Å². The SMILES string of the molecule is N#C/N=C(\NCCF)NC1CCc2c1ccc1c2CCCC1. The largest absolute Gasteiger partial charge is 0.353 e. The van der Waals surface area contributed by atoms with Gasteiger partial charge in [-0.25, -0.2) is 4.39 Å². The maximum atomic E-state index is 12.3. The van der Waals surface area contributed by atoms with E-state index in [4.69, 9.17) is 5.26 Å². The monoisotopic (exact) mass is 300 g/mol. The fraction of sp³-hybridized carbons (Fsp3) is 0.529. The number of fused-ring (bicyclic) bond motifs is 3. The van der Waals surface area contributed by atoms with Crippen LogP contribution in [0.25, 0.3) is 0 Å². The average Bonchev–Trinajstić information content (AvgIpc) is 2.96. The molecule has 4 nitrogen and oxygen atoms in total. The van der Waals surface area contributed by atoms with Gasteiger partial charge in [-0.2, -0.15) is 5.26 Å². The molecule has 1 aromatic carbocycles. The van der Waals surface area contributed by atoms with Crippen molar-refractivity contribution in [3.63, 3.8) is 0 Å². The first kappa shape index (κ1) is 14.8. The summed E-state index contributed by atoms with van der Waals surface area (Å²) in [5.41, 5.74) is 5.85. The van der Waals surface area contributed by atoms with Crippen LogP contribution in [0, 0.1) is 11.5 Å². The summed E-state index contributed by atoms with van der Waals surface area (Å²) in [4.78, 5) is 3.72. The number of aliphatic imine (C=N–C) groups is 1. The first-order chi connectivity index (χ1) is 10.8. The maximum Gasteiger partial charge on any atom is 0.209 e. The normalized spacial score (nSPS) is 20.0. The predicted octanol–water partition coefficient (Wildman–Crippen LogP) is 2.54. The third kappa shape index (κ3) is 2.92. The Kier molecular flexibility index (Phi) is 4.57. The summed E-state index contributed by atoms with van der Waals surface area (Å²) in [6.45, 7) is -0.321. The van der Waals surface area contributed by atoms with E-state index in [0.29, 0.717) is 5.96 Å². The van der Waals surface area contributed by atoms with E-state index in [9.17, 15) is 4.39 Å². The van der Waals surface area contributed by atoms with Crippen molar-refractivity contribution in [1.29, 1.82) is 5.26 Å². The van der Waals surface area contributed by atoms with Crippen LogP contribution in [-0.4, -0.2) is 19.2 Å². The zero-order chi connectivity index (χ0) is 15.4. The summed E-state index contributed by atoms with van der Waals surface area (Å²) in [6.07, 6.45) is 8.78. The number of nitrogens with zero attached hydrogens (tertiary/aromatic N) is 2. The summed E-state index contributed by atoms with van der Waals surface area (Å²) in [7, 11) is 0. The fourth-order valence-corrected chi connectivity index (χ4v) is 3.64. The van der Waals surface area contributed by atoms with Gasteiger partial charge in [0, 0.05) is 6.54 Å². The smallest absolute Gasteiger partial charge is 0.209 e. The van der Waals surface area contributed by atoms with E-state index in [0.717, 1.165) is 12.8 Å². The second kappa shape index (κ2) is 6.78. The van der Waals surface area contributed by atoms with Crippen molar-refractivity contribution in [3.8, 4) is 6.19 Å². The Morgan fingerprint density at radius 1 is 1.27 bits per heavy atom. The molecule has 0 saturated heterocycles. The van der Waals surface area contributed by atoms with E-state index in [1.165, 1.54) is 42.4 Å². The van der Waals surface area contributed by atoms with Gasteiger partial charge in [0.1, 0.15) is 6.67 Å². The lowest BCUT2D eigenvalue weighted by Gasteiger charge is -2.21. The van der Waals surface area contributed by atoms with Gasteiger partial charge in [-0.05, 0) is 60.8 Å². The van der Waals surface area contributed by atoms with Crippen molar-refractivity contribution in [2.45, 2.75) is 44.6 Å². The van der Waals surface area contributed by atoms with E-state index in [1.54, 1.807) is 11.8 Å². The highest BCUT2D eigenvalue weighted by molar-refractivity contribution is 5.81. The minimum atomic E-state index is -0.485. The Morgan fingerprint density at radius 3 is 2.95 bits per heavy atom. The quantitative estimate of drug-likeness (QED) is 0.512. The van der Waals surface area contributed by atoms with Gasteiger partial charge in [0.05, 0.1) is 6.04 Å². The van der Waals surface area contributed by atoms with Gasteiger partial charge in [0.25, 0.3) is 0 Å². The lowest BCUT2D eigenvalue weighted by Crippen LogP contribution is -2.39. The van der Waals surface area contributed by atoms with E-state index in [-0.39, 0.29) is 12.6 Å². The molecule has 116 valence electrons. The summed E-state index contributed by atoms with van der Waals surface area (Å²) in [5, 5.41) is 14.8. The molecule has 0 aliphatic heterocycles. The minimum Gasteiger partial charge on any atom is -0.353 e. The van der Waals surface area contributed by atoms with Gasteiger partial charge < -0.3 is 10.6 Å². The van der Waals surface area contributed by atoms with Crippen molar-refractivity contribution >= 4 is 5.96 Å². The topological polar surface area (TPSA) is 60.2 Å². The number of hydrogen-bond acceptors (Lipinski definition) is 2. The molecule has 2 aliphatic carbocycles. The van der Waals surface area contributed by atoms with Gasteiger partial charge in [0.2, 0.25) is 12.2 Å². The molecule has 0 amide bonds. The molecule has 0 saturated carbocycles. The molecular formula is C17H21FN4. The number of aryl methyl sites for hydroxylation is 1. The molecule has 5 heteroatoms. The summed E-state index contributed by atoms with van der Waals surface area (Å²) < 4.78 is 12.3. The summed E-state index contributed by atoms with van der Waals surface area (Å²) in [5.74, 6) is 0.371. The molecule has 0 fully saturated rings. The Balaban J connectivity index is 1.79. The molecule has 2 N–H and O–H groups in total. The molecule has 22 heavy (non-hydrogen) atoms. The minimum absolute atomic E-state index is 0.154. The van der Waals surface area contributed by atoms with Crippen LogP contribution < -0.4 is 10.6 Å². The standard InChI is InChI=1S/C17H21FN4/c18-9-10-20-17(21-11-19)22-16-8-7-14-13-4-2-1-3-12(13)5-6-15(14)16/h5-6,16H,1-4,7-10H2,(H2,20,21,22). The zero-order valence-electron chi connectivity index (χ0n) is 12.7.